The van der Waals surface area contributed by atoms with Gasteiger partial charge < -0.3 is 10.1 Å². The molecule has 8 heteroatoms. The number of rotatable bonds is 8. The number of nitrogens with zero attached hydrogens (tertiary/aromatic N) is 1. The lowest BCUT2D eigenvalue weighted by atomic mass is 9.95. The van der Waals surface area contributed by atoms with Crippen molar-refractivity contribution in [3.63, 3.8) is 0 Å². The summed E-state index contributed by atoms with van der Waals surface area (Å²) >= 11 is 6.13. The third-order valence-corrected chi connectivity index (χ3v) is 6.91. The average Bonchev–Trinajstić information content (AvgIpc) is 2.64. The number of carbonyl (C=O) groups excluding carboxylic acids is 1. The van der Waals surface area contributed by atoms with Crippen LogP contribution in [0.25, 0.3) is 0 Å². The smallest absolute Gasteiger partial charge is 0.243 e. The molecule has 27 heavy (non-hydrogen) atoms. The van der Waals surface area contributed by atoms with Crippen molar-refractivity contribution in [3.05, 3.63) is 23.2 Å². The van der Waals surface area contributed by atoms with E-state index in [1.807, 2.05) is 13.8 Å². The average molecular weight is 417 g/mol. The van der Waals surface area contributed by atoms with Crippen LogP contribution in [0.15, 0.2) is 23.1 Å². The molecule has 1 aromatic rings. The van der Waals surface area contributed by atoms with Crippen LogP contribution in [-0.4, -0.2) is 44.9 Å². The van der Waals surface area contributed by atoms with Crippen LogP contribution in [0.2, 0.25) is 5.02 Å². The number of hydrogen-bond acceptors (Lipinski definition) is 4. The van der Waals surface area contributed by atoms with Gasteiger partial charge in [-0.25, -0.2) is 8.42 Å². The van der Waals surface area contributed by atoms with E-state index in [0.717, 1.165) is 32.1 Å². The number of ether oxygens (including phenoxy) is 1. The molecule has 1 aliphatic carbocycles. The summed E-state index contributed by atoms with van der Waals surface area (Å²) in [6, 6.07) is 4.22. The fourth-order valence-corrected chi connectivity index (χ4v) is 5.23. The number of methoxy groups -OCH3 is 1. The van der Waals surface area contributed by atoms with Gasteiger partial charge in [0.25, 0.3) is 0 Å². The molecule has 0 aliphatic heterocycles. The van der Waals surface area contributed by atoms with Crippen LogP contribution in [-0.2, 0) is 14.8 Å². The van der Waals surface area contributed by atoms with Crippen LogP contribution in [0.3, 0.4) is 0 Å². The van der Waals surface area contributed by atoms with E-state index in [-0.39, 0.29) is 28.4 Å². The number of sulfonamides is 1. The molecule has 0 unspecified atom stereocenters. The molecular weight excluding hydrogens is 388 g/mol. The van der Waals surface area contributed by atoms with Crippen molar-refractivity contribution in [2.75, 3.05) is 20.2 Å². The summed E-state index contributed by atoms with van der Waals surface area (Å²) in [7, 11) is -2.37. The van der Waals surface area contributed by atoms with Crippen molar-refractivity contribution >= 4 is 27.5 Å². The van der Waals surface area contributed by atoms with Gasteiger partial charge in [-0.05, 0) is 37.0 Å². The highest BCUT2D eigenvalue weighted by Gasteiger charge is 2.34. The van der Waals surface area contributed by atoms with E-state index >= 15 is 0 Å². The van der Waals surface area contributed by atoms with Crippen molar-refractivity contribution in [2.24, 2.45) is 5.92 Å². The Kier molecular flexibility index (Phi) is 7.94. The molecule has 0 saturated heterocycles. The largest absolute Gasteiger partial charge is 0.495 e. The number of halogens is 1. The number of benzene rings is 1. The van der Waals surface area contributed by atoms with Crippen LogP contribution in [0.5, 0.6) is 5.75 Å². The van der Waals surface area contributed by atoms with E-state index in [4.69, 9.17) is 16.3 Å². The summed E-state index contributed by atoms with van der Waals surface area (Å²) in [5.41, 5.74) is 0. The van der Waals surface area contributed by atoms with E-state index in [1.54, 1.807) is 0 Å². The lowest BCUT2D eigenvalue weighted by Gasteiger charge is -2.33. The first kappa shape index (κ1) is 22.0. The first-order valence-corrected chi connectivity index (χ1v) is 11.2. The third kappa shape index (κ3) is 5.83. The normalized spacial score (nSPS) is 15.9. The molecule has 6 nitrogen and oxygen atoms in total. The van der Waals surface area contributed by atoms with E-state index < -0.39 is 10.0 Å². The first-order valence-electron chi connectivity index (χ1n) is 9.37. The van der Waals surface area contributed by atoms with Crippen molar-refractivity contribution in [3.8, 4) is 5.75 Å². The third-order valence-electron chi connectivity index (χ3n) is 4.72. The second kappa shape index (κ2) is 9.75. The Hall–Kier alpha value is -1.31. The van der Waals surface area contributed by atoms with Gasteiger partial charge in [0.05, 0.1) is 23.6 Å². The molecule has 0 aromatic heterocycles. The minimum Gasteiger partial charge on any atom is -0.495 e. The Morgan fingerprint density at radius 1 is 1.30 bits per heavy atom. The molecule has 0 radical (unpaired) electrons. The molecule has 2 rings (SSSR count). The molecule has 0 heterocycles. The van der Waals surface area contributed by atoms with Gasteiger partial charge in [-0.3, -0.25) is 4.79 Å². The number of amides is 1. The van der Waals surface area contributed by atoms with Gasteiger partial charge in [-0.1, -0.05) is 44.7 Å². The van der Waals surface area contributed by atoms with Crippen LogP contribution in [0.4, 0.5) is 0 Å². The van der Waals surface area contributed by atoms with Crippen LogP contribution in [0.1, 0.15) is 46.0 Å². The van der Waals surface area contributed by atoms with E-state index in [1.165, 1.54) is 29.6 Å². The lowest BCUT2D eigenvalue weighted by molar-refractivity contribution is -0.121. The molecule has 0 spiro atoms. The first-order chi connectivity index (χ1) is 12.8. The van der Waals surface area contributed by atoms with Crippen molar-refractivity contribution in [1.82, 2.24) is 9.62 Å². The molecule has 1 saturated carbocycles. The van der Waals surface area contributed by atoms with Crippen LogP contribution < -0.4 is 10.1 Å². The van der Waals surface area contributed by atoms with E-state index in [9.17, 15) is 13.2 Å². The second-order valence-electron chi connectivity index (χ2n) is 7.34. The summed E-state index contributed by atoms with van der Waals surface area (Å²) in [4.78, 5) is 12.5. The number of carbonyl (C=O) groups is 1. The molecule has 1 amide bonds. The maximum absolute atomic E-state index is 13.3. The monoisotopic (exact) mass is 416 g/mol. The topological polar surface area (TPSA) is 75.7 Å². The lowest BCUT2D eigenvalue weighted by Crippen LogP contribution is -2.47. The summed E-state index contributed by atoms with van der Waals surface area (Å²) < 4.78 is 33.1. The van der Waals surface area contributed by atoms with E-state index in [0.29, 0.717) is 18.2 Å². The fraction of sp³-hybridized carbons (Fsp3) is 0.632. The van der Waals surface area contributed by atoms with E-state index in [2.05, 4.69) is 5.32 Å². The highest BCUT2D eigenvalue weighted by Crippen LogP contribution is 2.31. The van der Waals surface area contributed by atoms with Crippen molar-refractivity contribution < 1.29 is 17.9 Å². The minimum absolute atomic E-state index is 0.0792. The quantitative estimate of drug-likeness (QED) is 0.704. The van der Waals surface area contributed by atoms with Crippen LogP contribution >= 0.6 is 11.6 Å². The summed E-state index contributed by atoms with van der Waals surface area (Å²) in [6.45, 7) is 4.33. The molecule has 0 atom stereocenters. The standard InChI is InChI=1S/C19H29ClN2O4S/c1-14(2)12-21-19(23)13-22(15-7-5-4-6-8-15)27(24,25)16-9-10-18(26-3)17(20)11-16/h9-11,14-15H,4-8,12-13H2,1-3H3,(H,21,23). The fourth-order valence-electron chi connectivity index (χ4n) is 3.24. The Labute approximate surface area is 167 Å². The zero-order chi connectivity index (χ0) is 20.0. The highest BCUT2D eigenvalue weighted by molar-refractivity contribution is 7.89. The van der Waals surface area contributed by atoms with Gasteiger partial charge in [0.2, 0.25) is 15.9 Å². The Bertz CT molecular complexity index is 746. The molecule has 1 N–H and O–H groups in total. The summed E-state index contributed by atoms with van der Waals surface area (Å²) in [5, 5.41) is 3.04. The Balaban J connectivity index is 2.29. The zero-order valence-corrected chi connectivity index (χ0v) is 17.8. The van der Waals surface area contributed by atoms with Gasteiger partial charge in [0.15, 0.2) is 0 Å². The SMILES string of the molecule is COc1ccc(S(=O)(=O)N(CC(=O)NCC(C)C)C2CCCCC2)cc1Cl. The van der Waals surface area contributed by atoms with Gasteiger partial charge in [-0.2, -0.15) is 4.31 Å². The summed E-state index contributed by atoms with van der Waals surface area (Å²) in [6.07, 6.45) is 4.56. The predicted molar refractivity (Wildman–Crippen MR) is 107 cm³/mol. The van der Waals surface area contributed by atoms with Crippen molar-refractivity contribution in [2.45, 2.75) is 56.9 Å². The molecular formula is C19H29ClN2O4S. The zero-order valence-electron chi connectivity index (χ0n) is 16.2. The maximum atomic E-state index is 13.3. The Morgan fingerprint density at radius 2 is 1.96 bits per heavy atom. The number of hydrogen-bond donors (Lipinski definition) is 1. The molecule has 152 valence electrons. The van der Waals surface area contributed by atoms with Gasteiger partial charge in [-0.15, -0.1) is 0 Å². The van der Waals surface area contributed by atoms with Gasteiger partial charge in [0.1, 0.15) is 5.75 Å². The molecule has 0 bridgehead atoms. The van der Waals surface area contributed by atoms with Crippen LogP contribution in [0, 0.1) is 5.92 Å². The minimum atomic E-state index is -3.85. The Morgan fingerprint density at radius 3 is 2.52 bits per heavy atom. The predicted octanol–water partition coefficient (Wildman–Crippen LogP) is 3.44. The van der Waals surface area contributed by atoms with Crippen molar-refractivity contribution in [1.29, 1.82) is 0 Å². The van der Waals surface area contributed by atoms with Gasteiger partial charge in [0, 0.05) is 12.6 Å². The molecule has 1 aromatic carbocycles. The van der Waals surface area contributed by atoms with Gasteiger partial charge >= 0.3 is 0 Å². The maximum Gasteiger partial charge on any atom is 0.243 e. The highest BCUT2D eigenvalue weighted by atomic mass is 35.5. The molecule has 1 fully saturated rings. The second-order valence-corrected chi connectivity index (χ2v) is 9.63. The summed E-state index contributed by atoms with van der Waals surface area (Å²) in [5.74, 6) is 0.432. The molecule has 1 aliphatic rings. The number of nitrogens with one attached hydrogen (secondary N) is 1.